The molecule has 19 heavy (non-hydrogen) atoms. The van der Waals surface area contributed by atoms with Gasteiger partial charge in [0.1, 0.15) is 11.6 Å². The van der Waals surface area contributed by atoms with Gasteiger partial charge in [-0.05, 0) is 42.7 Å². The maximum absolute atomic E-state index is 13.8. The summed E-state index contributed by atoms with van der Waals surface area (Å²) in [5.41, 5.74) is 1.23. The van der Waals surface area contributed by atoms with E-state index in [9.17, 15) is 8.78 Å². The lowest BCUT2D eigenvalue weighted by Crippen LogP contribution is -2.01. The summed E-state index contributed by atoms with van der Waals surface area (Å²) in [6, 6.07) is 9.51. The first-order chi connectivity index (χ1) is 8.99. The van der Waals surface area contributed by atoms with E-state index in [0.29, 0.717) is 11.4 Å². The molecule has 1 unspecified atom stereocenters. The number of halogens is 4. The van der Waals surface area contributed by atoms with Crippen molar-refractivity contribution in [3.05, 3.63) is 69.7 Å². The highest BCUT2D eigenvalue weighted by Crippen LogP contribution is 2.31. The normalized spacial score (nSPS) is 12.5. The molecule has 0 aliphatic rings. The Hall–Kier alpha value is -1.12. The molecule has 0 fully saturated rings. The van der Waals surface area contributed by atoms with Gasteiger partial charge in [0.25, 0.3) is 0 Å². The third-order valence-electron chi connectivity index (χ3n) is 2.97. The summed E-state index contributed by atoms with van der Waals surface area (Å²) >= 11 is 12.2. The Morgan fingerprint density at radius 1 is 1.11 bits per heavy atom. The number of alkyl halides is 1. The van der Waals surface area contributed by atoms with E-state index in [-0.39, 0.29) is 11.1 Å². The molecule has 0 aliphatic carbocycles. The molecule has 0 nitrogen and oxygen atoms in total. The second kappa shape index (κ2) is 5.89. The largest absolute Gasteiger partial charge is 0.207 e. The molecule has 4 heteroatoms. The average Bonchev–Trinajstić information content (AvgIpc) is 2.36. The first-order valence-electron chi connectivity index (χ1n) is 5.82. The summed E-state index contributed by atoms with van der Waals surface area (Å²) in [6.45, 7) is 1.51. The molecule has 2 rings (SSSR count). The minimum Gasteiger partial charge on any atom is -0.207 e. The van der Waals surface area contributed by atoms with Crippen molar-refractivity contribution >= 4 is 23.2 Å². The number of benzene rings is 2. The van der Waals surface area contributed by atoms with Crippen molar-refractivity contribution in [2.45, 2.75) is 18.7 Å². The van der Waals surface area contributed by atoms with Crippen LogP contribution in [0.3, 0.4) is 0 Å². The van der Waals surface area contributed by atoms with E-state index in [1.807, 2.05) is 12.1 Å². The van der Waals surface area contributed by atoms with Crippen LogP contribution in [0.5, 0.6) is 0 Å². The number of hydrogen-bond donors (Lipinski definition) is 0. The van der Waals surface area contributed by atoms with Crippen molar-refractivity contribution in [2.24, 2.45) is 0 Å². The second-order valence-electron chi connectivity index (χ2n) is 4.39. The summed E-state index contributed by atoms with van der Waals surface area (Å²) in [5.74, 6) is -0.952. The zero-order valence-electron chi connectivity index (χ0n) is 10.3. The zero-order chi connectivity index (χ0) is 14.0. The van der Waals surface area contributed by atoms with Crippen LogP contribution >= 0.6 is 23.2 Å². The van der Waals surface area contributed by atoms with Gasteiger partial charge in [-0.25, -0.2) is 8.78 Å². The Balaban J connectivity index is 2.28. The summed E-state index contributed by atoms with van der Waals surface area (Å²) in [6.07, 6.45) is 0.348. The first-order valence-corrected chi connectivity index (χ1v) is 6.63. The smallest absolute Gasteiger partial charge is 0.128 e. The van der Waals surface area contributed by atoms with Gasteiger partial charge < -0.3 is 0 Å². The van der Waals surface area contributed by atoms with Gasteiger partial charge in [0.05, 0.1) is 5.38 Å². The van der Waals surface area contributed by atoms with Crippen LogP contribution < -0.4 is 0 Å². The van der Waals surface area contributed by atoms with Gasteiger partial charge in [-0.15, -0.1) is 11.6 Å². The SMILES string of the molecule is Cc1cc(F)c(C(Cl)Cc2ccccc2Cl)cc1F. The molecule has 100 valence electrons. The molecule has 0 amide bonds. The highest BCUT2D eigenvalue weighted by Gasteiger charge is 2.17. The monoisotopic (exact) mass is 300 g/mol. The van der Waals surface area contributed by atoms with E-state index in [0.717, 1.165) is 17.7 Å². The molecule has 0 saturated heterocycles. The molecule has 0 spiro atoms. The highest BCUT2D eigenvalue weighted by molar-refractivity contribution is 6.31. The molecule has 0 heterocycles. The van der Waals surface area contributed by atoms with Gasteiger partial charge in [-0.3, -0.25) is 0 Å². The summed E-state index contributed by atoms with van der Waals surface area (Å²) in [5, 5.41) is -0.0869. The molecule has 0 aromatic heterocycles. The quantitative estimate of drug-likeness (QED) is 0.661. The highest BCUT2D eigenvalue weighted by atomic mass is 35.5. The lowest BCUT2D eigenvalue weighted by Gasteiger charge is -2.13. The van der Waals surface area contributed by atoms with E-state index >= 15 is 0 Å². The molecule has 0 radical (unpaired) electrons. The number of hydrogen-bond acceptors (Lipinski definition) is 0. The topological polar surface area (TPSA) is 0 Å². The van der Waals surface area contributed by atoms with Crippen LogP contribution in [0.15, 0.2) is 36.4 Å². The van der Waals surface area contributed by atoms with Crippen LogP contribution in [0.4, 0.5) is 8.78 Å². The van der Waals surface area contributed by atoms with E-state index in [1.54, 1.807) is 12.1 Å². The van der Waals surface area contributed by atoms with Gasteiger partial charge in [0.2, 0.25) is 0 Å². The molecular weight excluding hydrogens is 289 g/mol. The fraction of sp³-hybridized carbons (Fsp3) is 0.200. The van der Waals surface area contributed by atoms with E-state index < -0.39 is 17.0 Å². The fourth-order valence-corrected chi connectivity index (χ4v) is 2.42. The van der Waals surface area contributed by atoms with E-state index in [2.05, 4.69) is 0 Å². The molecular formula is C15H12Cl2F2. The number of rotatable bonds is 3. The van der Waals surface area contributed by atoms with Crippen LogP contribution in [0.25, 0.3) is 0 Å². The van der Waals surface area contributed by atoms with Gasteiger partial charge in [0.15, 0.2) is 0 Å². The Labute approximate surface area is 121 Å². The average molecular weight is 301 g/mol. The van der Waals surface area contributed by atoms with Gasteiger partial charge in [0, 0.05) is 10.6 Å². The summed E-state index contributed by atoms with van der Waals surface area (Å²) in [4.78, 5) is 0. The summed E-state index contributed by atoms with van der Waals surface area (Å²) < 4.78 is 27.3. The lowest BCUT2D eigenvalue weighted by molar-refractivity contribution is 0.575. The Kier molecular flexibility index (Phi) is 4.43. The fourth-order valence-electron chi connectivity index (χ4n) is 1.87. The molecule has 0 N–H and O–H groups in total. The van der Waals surface area contributed by atoms with Gasteiger partial charge >= 0.3 is 0 Å². The van der Waals surface area contributed by atoms with Crippen LogP contribution in [0.1, 0.15) is 22.1 Å². The molecule has 0 bridgehead atoms. The Morgan fingerprint density at radius 2 is 1.79 bits per heavy atom. The molecule has 0 saturated carbocycles. The third kappa shape index (κ3) is 3.26. The lowest BCUT2D eigenvalue weighted by atomic mass is 10.0. The third-order valence-corrected chi connectivity index (χ3v) is 3.73. The van der Waals surface area contributed by atoms with Crippen LogP contribution in [0, 0.1) is 18.6 Å². The predicted octanol–water partition coefficient (Wildman–Crippen LogP) is 5.45. The zero-order valence-corrected chi connectivity index (χ0v) is 11.8. The maximum Gasteiger partial charge on any atom is 0.128 e. The van der Waals surface area contributed by atoms with Crippen LogP contribution in [-0.4, -0.2) is 0 Å². The van der Waals surface area contributed by atoms with Gasteiger partial charge in [-0.1, -0.05) is 29.8 Å². The Bertz CT molecular complexity index is 597. The van der Waals surface area contributed by atoms with Crippen LogP contribution in [-0.2, 0) is 6.42 Å². The minimum absolute atomic E-state index is 0.157. The van der Waals surface area contributed by atoms with Gasteiger partial charge in [-0.2, -0.15) is 0 Å². The standard InChI is InChI=1S/C15H12Cl2F2/c1-9-6-15(19)11(8-14(9)18)13(17)7-10-4-2-3-5-12(10)16/h2-6,8,13H,7H2,1H3. The Morgan fingerprint density at radius 3 is 2.47 bits per heavy atom. The number of aryl methyl sites for hydroxylation is 1. The second-order valence-corrected chi connectivity index (χ2v) is 5.32. The first kappa shape index (κ1) is 14.3. The van der Waals surface area contributed by atoms with Crippen LogP contribution in [0.2, 0.25) is 5.02 Å². The van der Waals surface area contributed by atoms with Crippen molar-refractivity contribution in [3.8, 4) is 0 Å². The van der Waals surface area contributed by atoms with E-state index in [1.165, 1.54) is 6.92 Å². The van der Waals surface area contributed by atoms with Crippen molar-refractivity contribution in [3.63, 3.8) is 0 Å². The van der Waals surface area contributed by atoms with Crippen molar-refractivity contribution in [1.82, 2.24) is 0 Å². The summed E-state index contributed by atoms with van der Waals surface area (Å²) in [7, 11) is 0. The molecule has 1 atom stereocenters. The molecule has 0 aliphatic heterocycles. The van der Waals surface area contributed by atoms with Crippen molar-refractivity contribution in [2.75, 3.05) is 0 Å². The minimum atomic E-state index is -0.657. The van der Waals surface area contributed by atoms with Crippen molar-refractivity contribution < 1.29 is 8.78 Å². The molecule has 2 aromatic carbocycles. The predicted molar refractivity (Wildman–Crippen MR) is 74.8 cm³/mol. The maximum atomic E-state index is 13.8. The van der Waals surface area contributed by atoms with Crippen molar-refractivity contribution in [1.29, 1.82) is 0 Å². The van der Waals surface area contributed by atoms with E-state index in [4.69, 9.17) is 23.2 Å². The molecule has 2 aromatic rings.